The summed E-state index contributed by atoms with van der Waals surface area (Å²) in [5.41, 5.74) is 0.566. The van der Waals surface area contributed by atoms with Gasteiger partial charge in [-0.2, -0.15) is 0 Å². The van der Waals surface area contributed by atoms with Crippen LogP contribution in [0.1, 0.15) is 55.8 Å². The van der Waals surface area contributed by atoms with Gasteiger partial charge in [-0.25, -0.2) is 0 Å². The van der Waals surface area contributed by atoms with E-state index in [2.05, 4.69) is 17.6 Å². The van der Waals surface area contributed by atoms with Crippen molar-refractivity contribution in [2.75, 3.05) is 19.6 Å². The number of carbonyl (C=O) groups is 2. The minimum atomic E-state index is -0.379. The van der Waals surface area contributed by atoms with Crippen molar-refractivity contribution in [2.24, 2.45) is 5.92 Å². The number of nitrogens with zero attached hydrogens (tertiary/aromatic N) is 1. The molecule has 0 bridgehead atoms. The van der Waals surface area contributed by atoms with Crippen LogP contribution in [0.3, 0.4) is 0 Å². The molecule has 3 unspecified atom stereocenters. The smallest absolute Gasteiger partial charge is 0.254 e. The number of hydrogen-bond donors (Lipinski definition) is 2. The Hall–Kier alpha value is -1.30. The molecule has 7 heteroatoms. The van der Waals surface area contributed by atoms with E-state index in [4.69, 9.17) is 11.6 Å². The highest BCUT2D eigenvalue weighted by Gasteiger charge is 2.47. The number of likely N-dealkylation sites (tertiary alicyclic amines) is 1. The predicted molar refractivity (Wildman–Crippen MR) is 115 cm³/mol. The van der Waals surface area contributed by atoms with Gasteiger partial charge in [0.15, 0.2) is 0 Å². The summed E-state index contributed by atoms with van der Waals surface area (Å²) in [6.07, 6.45) is 6.24. The summed E-state index contributed by atoms with van der Waals surface area (Å²) in [7, 11) is 0. The molecule has 3 atom stereocenters. The number of nitrogens with one attached hydrogen (secondary N) is 2. The summed E-state index contributed by atoms with van der Waals surface area (Å²) < 4.78 is 0. The monoisotopic (exact) mass is 427 g/mol. The molecule has 0 radical (unpaired) electrons. The molecule has 3 rings (SSSR count). The molecule has 1 aromatic rings. The molecule has 2 amide bonds. The van der Waals surface area contributed by atoms with E-state index in [9.17, 15) is 9.59 Å². The normalized spacial score (nSPS) is 23.6. The molecule has 28 heavy (non-hydrogen) atoms. The van der Waals surface area contributed by atoms with Gasteiger partial charge in [0.2, 0.25) is 5.91 Å². The first kappa shape index (κ1) is 23.0. The van der Waals surface area contributed by atoms with Crippen molar-refractivity contribution in [3.8, 4) is 0 Å². The second-order valence-corrected chi connectivity index (χ2v) is 8.06. The summed E-state index contributed by atoms with van der Waals surface area (Å²) in [4.78, 5) is 28.0. The van der Waals surface area contributed by atoms with E-state index in [-0.39, 0.29) is 36.3 Å². The Morgan fingerprint density at radius 1 is 1.18 bits per heavy atom. The van der Waals surface area contributed by atoms with Gasteiger partial charge in [-0.05, 0) is 56.3 Å². The Morgan fingerprint density at radius 3 is 2.71 bits per heavy atom. The molecule has 1 saturated heterocycles. The Kier molecular flexibility index (Phi) is 9.06. The highest BCUT2D eigenvalue weighted by molar-refractivity contribution is 6.31. The Bertz CT molecular complexity index is 671. The number of rotatable bonds is 7. The van der Waals surface area contributed by atoms with Crippen LogP contribution in [-0.2, 0) is 4.79 Å². The summed E-state index contributed by atoms with van der Waals surface area (Å²) in [6.45, 7) is 4.40. The van der Waals surface area contributed by atoms with Crippen LogP contribution in [0.15, 0.2) is 24.3 Å². The fourth-order valence-corrected chi connectivity index (χ4v) is 4.64. The molecule has 156 valence electrons. The zero-order valence-corrected chi connectivity index (χ0v) is 18.0. The first-order chi connectivity index (χ1) is 13.1. The molecule has 1 heterocycles. The van der Waals surface area contributed by atoms with Gasteiger partial charge in [-0.15, -0.1) is 12.4 Å². The van der Waals surface area contributed by atoms with Gasteiger partial charge in [-0.1, -0.05) is 37.4 Å². The van der Waals surface area contributed by atoms with Crippen LogP contribution >= 0.6 is 24.0 Å². The molecule has 2 fully saturated rings. The highest BCUT2D eigenvalue weighted by Crippen LogP contribution is 2.40. The maximum atomic E-state index is 13.3. The van der Waals surface area contributed by atoms with E-state index in [1.165, 1.54) is 6.42 Å². The number of hydrogen-bond acceptors (Lipinski definition) is 3. The standard InChI is InChI=1S/C21H30ClN3O2.ClH/c1-2-10-23-11-12-24-20(26)19-14-15-6-3-4-9-18(15)25(19)21(27)16-7-5-8-17(22)13-16;/h5,7-8,13,15,18-19,23H,2-4,6,9-12,14H2,1H3,(H,24,26);1H. The van der Waals surface area contributed by atoms with E-state index in [0.717, 1.165) is 45.2 Å². The molecule has 5 nitrogen and oxygen atoms in total. The average Bonchev–Trinajstić information content (AvgIpc) is 3.06. The van der Waals surface area contributed by atoms with Crippen molar-refractivity contribution in [1.29, 1.82) is 0 Å². The zero-order valence-electron chi connectivity index (χ0n) is 16.5. The molecule has 2 N–H and O–H groups in total. The number of halogens is 2. The second kappa shape index (κ2) is 11.0. The molecule has 2 aliphatic rings. The third-order valence-corrected chi connectivity index (χ3v) is 5.96. The van der Waals surface area contributed by atoms with Crippen molar-refractivity contribution in [1.82, 2.24) is 15.5 Å². The molecule has 1 saturated carbocycles. The van der Waals surface area contributed by atoms with Gasteiger partial charge in [0, 0.05) is 29.7 Å². The molecule has 0 aromatic heterocycles. The summed E-state index contributed by atoms with van der Waals surface area (Å²) in [6, 6.07) is 6.82. The van der Waals surface area contributed by atoms with E-state index in [0.29, 0.717) is 23.0 Å². The fraction of sp³-hybridized carbons (Fsp3) is 0.619. The maximum Gasteiger partial charge on any atom is 0.254 e. The number of benzene rings is 1. The minimum Gasteiger partial charge on any atom is -0.353 e. The van der Waals surface area contributed by atoms with Gasteiger partial charge < -0.3 is 15.5 Å². The van der Waals surface area contributed by atoms with Crippen LogP contribution < -0.4 is 10.6 Å². The van der Waals surface area contributed by atoms with Gasteiger partial charge in [0.1, 0.15) is 6.04 Å². The molecule has 1 aliphatic carbocycles. The van der Waals surface area contributed by atoms with Crippen molar-refractivity contribution < 1.29 is 9.59 Å². The lowest BCUT2D eigenvalue weighted by atomic mass is 9.84. The lowest BCUT2D eigenvalue weighted by Crippen LogP contribution is -2.50. The summed E-state index contributed by atoms with van der Waals surface area (Å²) in [5.74, 6) is 0.324. The van der Waals surface area contributed by atoms with Crippen molar-refractivity contribution in [3.05, 3.63) is 34.9 Å². The third-order valence-electron chi connectivity index (χ3n) is 5.72. The van der Waals surface area contributed by atoms with Crippen LogP contribution in [0.4, 0.5) is 0 Å². The predicted octanol–water partition coefficient (Wildman–Crippen LogP) is 3.65. The van der Waals surface area contributed by atoms with E-state index in [1.54, 1.807) is 24.3 Å². The zero-order chi connectivity index (χ0) is 19.2. The SMILES string of the molecule is CCCNCCNC(=O)C1CC2CCCCC2N1C(=O)c1cccc(Cl)c1.Cl. The average molecular weight is 428 g/mol. The van der Waals surface area contributed by atoms with Crippen molar-refractivity contribution in [3.63, 3.8) is 0 Å². The van der Waals surface area contributed by atoms with Crippen LogP contribution in [0.2, 0.25) is 5.02 Å². The van der Waals surface area contributed by atoms with Crippen LogP contribution in [0.25, 0.3) is 0 Å². The summed E-state index contributed by atoms with van der Waals surface area (Å²) in [5, 5.41) is 6.85. The molecule has 0 spiro atoms. The summed E-state index contributed by atoms with van der Waals surface area (Å²) >= 11 is 6.09. The lowest BCUT2D eigenvalue weighted by molar-refractivity contribution is -0.125. The van der Waals surface area contributed by atoms with Crippen LogP contribution in [-0.4, -0.2) is 48.4 Å². The minimum absolute atomic E-state index is 0. The fourth-order valence-electron chi connectivity index (χ4n) is 4.45. The van der Waals surface area contributed by atoms with Crippen LogP contribution in [0.5, 0.6) is 0 Å². The second-order valence-electron chi connectivity index (χ2n) is 7.63. The lowest BCUT2D eigenvalue weighted by Gasteiger charge is -2.33. The van der Waals surface area contributed by atoms with E-state index >= 15 is 0 Å². The first-order valence-corrected chi connectivity index (χ1v) is 10.6. The van der Waals surface area contributed by atoms with E-state index in [1.807, 2.05) is 4.90 Å². The maximum absolute atomic E-state index is 13.3. The molecule has 1 aromatic carbocycles. The molecule has 1 aliphatic heterocycles. The Labute approximate surface area is 179 Å². The topological polar surface area (TPSA) is 61.4 Å². The van der Waals surface area contributed by atoms with E-state index < -0.39 is 0 Å². The van der Waals surface area contributed by atoms with Crippen LogP contribution in [0, 0.1) is 5.92 Å². The Morgan fingerprint density at radius 2 is 1.96 bits per heavy atom. The highest BCUT2D eigenvalue weighted by atomic mass is 35.5. The molecular weight excluding hydrogens is 397 g/mol. The van der Waals surface area contributed by atoms with Gasteiger partial charge in [0.05, 0.1) is 0 Å². The van der Waals surface area contributed by atoms with Gasteiger partial charge in [0.25, 0.3) is 5.91 Å². The quantitative estimate of drug-likeness (QED) is 0.652. The first-order valence-electron chi connectivity index (χ1n) is 10.2. The van der Waals surface area contributed by atoms with Crippen molar-refractivity contribution >= 4 is 35.8 Å². The van der Waals surface area contributed by atoms with Gasteiger partial charge in [-0.3, -0.25) is 9.59 Å². The number of carbonyl (C=O) groups excluding carboxylic acids is 2. The number of amides is 2. The Balaban J connectivity index is 0.00000280. The number of fused-ring (bicyclic) bond motifs is 1. The van der Waals surface area contributed by atoms with Gasteiger partial charge >= 0.3 is 0 Å². The van der Waals surface area contributed by atoms with Crippen molar-refractivity contribution in [2.45, 2.75) is 57.5 Å². The largest absolute Gasteiger partial charge is 0.353 e. The molecular formula is C21H31Cl2N3O2. The third kappa shape index (κ3) is 5.40.